The standard InChI is InChI=1S/C13H10F3N/c1-7-2-8(4-9(17)3-7)10-5-12(15)13(16)6-11(10)14/h2-6H,17H2,1H3. The Bertz CT molecular complexity index is 559. The third kappa shape index (κ3) is 2.25. The van der Waals surface area contributed by atoms with Gasteiger partial charge >= 0.3 is 0 Å². The first-order valence-corrected chi connectivity index (χ1v) is 4.99. The summed E-state index contributed by atoms with van der Waals surface area (Å²) in [4.78, 5) is 0. The summed E-state index contributed by atoms with van der Waals surface area (Å²) >= 11 is 0. The maximum atomic E-state index is 13.5. The van der Waals surface area contributed by atoms with E-state index in [1.54, 1.807) is 19.1 Å². The number of halogens is 3. The Balaban J connectivity index is 2.64. The van der Waals surface area contributed by atoms with Crippen molar-refractivity contribution < 1.29 is 13.2 Å². The van der Waals surface area contributed by atoms with Crippen LogP contribution in [0.5, 0.6) is 0 Å². The van der Waals surface area contributed by atoms with Crippen LogP contribution in [0.2, 0.25) is 0 Å². The maximum Gasteiger partial charge on any atom is 0.161 e. The Morgan fingerprint density at radius 3 is 2.12 bits per heavy atom. The van der Waals surface area contributed by atoms with Crippen LogP contribution < -0.4 is 5.73 Å². The highest BCUT2D eigenvalue weighted by Gasteiger charge is 2.12. The van der Waals surface area contributed by atoms with Gasteiger partial charge in [0.2, 0.25) is 0 Å². The van der Waals surface area contributed by atoms with Gasteiger partial charge in [0, 0.05) is 17.3 Å². The topological polar surface area (TPSA) is 26.0 Å². The fraction of sp³-hybridized carbons (Fsp3) is 0.0769. The predicted molar refractivity (Wildman–Crippen MR) is 60.9 cm³/mol. The molecule has 88 valence electrons. The second-order valence-corrected chi connectivity index (χ2v) is 3.88. The van der Waals surface area contributed by atoms with Crippen molar-refractivity contribution >= 4 is 5.69 Å². The quantitative estimate of drug-likeness (QED) is 0.594. The van der Waals surface area contributed by atoms with Gasteiger partial charge in [-0.1, -0.05) is 6.07 Å². The highest BCUT2D eigenvalue weighted by atomic mass is 19.2. The van der Waals surface area contributed by atoms with Crippen LogP contribution >= 0.6 is 0 Å². The van der Waals surface area contributed by atoms with Crippen LogP contribution in [0.15, 0.2) is 30.3 Å². The largest absolute Gasteiger partial charge is 0.399 e. The summed E-state index contributed by atoms with van der Waals surface area (Å²) in [5.41, 5.74) is 7.32. The Morgan fingerprint density at radius 1 is 0.824 bits per heavy atom. The molecule has 0 radical (unpaired) electrons. The lowest BCUT2D eigenvalue weighted by Gasteiger charge is -2.07. The summed E-state index contributed by atoms with van der Waals surface area (Å²) < 4.78 is 39.4. The van der Waals surface area contributed by atoms with E-state index in [1.807, 2.05) is 0 Å². The minimum Gasteiger partial charge on any atom is -0.399 e. The molecule has 0 saturated heterocycles. The van der Waals surface area contributed by atoms with Crippen molar-refractivity contribution in [2.45, 2.75) is 6.92 Å². The van der Waals surface area contributed by atoms with Crippen molar-refractivity contribution in [2.75, 3.05) is 5.73 Å². The van der Waals surface area contributed by atoms with Crippen molar-refractivity contribution in [3.05, 3.63) is 53.3 Å². The minimum absolute atomic E-state index is 0.000648. The number of hydrogen-bond donors (Lipinski definition) is 1. The number of rotatable bonds is 1. The molecule has 1 nitrogen and oxygen atoms in total. The molecule has 0 aliphatic carbocycles. The molecule has 2 N–H and O–H groups in total. The zero-order valence-corrected chi connectivity index (χ0v) is 9.10. The molecular weight excluding hydrogens is 227 g/mol. The molecule has 0 aromatic heterocycles. The van der Waals surface area contributed by atoms with Crippen molar-refractivity contribution in [1.82, 2.24) is 0 Å². The highest BCUT2D eigenvalue weighted by Crippen LogP contribution is 2.27. The van der Waals surface area contributed by atoms with E-state index in [9.17, 15) is 13.2 Å². The monoisotopic (exact) mass is 237 g/mol. The van der Waals surface area contributed by atoms with Gasteiger partial charge in [0.15, 0.2) is 11.6 Å². The minimum atomic E-state index is -1.20. The number of hydrogen-bond acceptors (Lipinski definition) is 1. The fourth-order valence-corrected chi connectivity index (χ4v) is 1.71. The molecule has 0 atom stereocenters. The van der Waals surface area contributed by atoms with Crippen LogP contribution in [0.3, 0.4) is 0 Å². The third-order valence-corrected chi connectivity index (χ3v) is 2.42. The summed E-state index contributed by atoms with van der Waals surface area (Å²) in [6.45, 7) is 1.79. The number of benzene rings is 2. The van der Waals surface area contributed by atoms with Crippen molar-refractivity contribution in [3.8, 4) is 11.1 Å². The molecule has 0 aliphatic heterocycles. The first-order chi connectivity index (χ1) is 7.97. The van der Waals surface area contributed by atoms with Gasteiger partial charge in [-0.2, -0.15) is 0 Å². The normalized spacial score (nSPS) is 10.6. The SMILES string of the molecule is Cc1cc(N)cc(-c2cc(F)c(F)cc2F)c1. The molecule has 0 spiro atoms. The van der Waals surface area contributed by atoms with E-state index in [1.165, 1.54) is 6.07 Å². The molecule has 0 saturated carbocycles. The van der Waals surface area contributed by atoms with E-state index in [-0.39, 0.29) is 5.56 Å². The van der Waals surface area contributed by atoms with Gasteiger partial charge in [-0.3, -0.25) is 0 Å². The molecule has 0 fully saturated rings. The number of anilines is 1. The van der Waals surface area contributed by atoms with Gasteiger partial charge in [0.05, 0.1) is 0 Å². The summed E-state index contributed by atoms with van der Waals surface area (Å²) in [6.07, 6.45) is 0. The average molecular weight is 237 g/mol. The molecule has 0 unspecified atom stereocenters. The zero-order chi connectivity index (χ0) is 12.6. The lowest BCUT2D eigenvalue weighted by molar-refractivity contribution is 0.496. The fourth-order valence-electron chi connectivity index (χ4n) is 1.71. The van der Waals surface area contributed by atoms with Crippen LogP contribution in [0.4, 0.5) is 18.9 Å². The second-order valence-electron chi connectivity index (χ2n) is 3.88. The molecule has 0 amide bonds. The maximum absolute atomic E-state index is 13.5. The predicted octanol–water partition coefficient (Wildman–Crippen LogP) is 3.66. The van der Waals surface area contributed by atoms with E-state index in [4.69, 9.17) is 5.73 Å². The van der Waals surface area contributed by atoms with Crippen LogP contribution in [-0.2, 0) is 0 Å². The number of nitrogen functional groups attached to an aromatic ring is 1. The van der Waals surface area contributed by atoms with Gasteiger partial charge in [-0.25, -0.2) is 13.2 Å². The molecule has 2 aromatic carbocycles. The molecule has 0 aliphatic rings. The molecule has 2 aromatic rings. The van der Waals surface area contributed by atoms with Crippen LogP contribution in [0.1, 0.15) is 5.56 Å². The van der Waals surface area contributed by atoms with Crippen LogP contribution in [0.25, 0.3) is 11.1 Å². The van der Waals surface area contributed by atoms with E-state index >= 15 is 0 Å². The summed E-state index contributed by atoms with van der Waals surface area (Å²) in [5.74, 6) is -3.10. The average Bonchev–Trinajstić information content (AvgIpc) is 2.22. The first kappa shape index (κ1) is 11.5. The van der Waals surface area contributed by atoms with Crippen molar-refractivity contribution in [1.29, 1.82) is 0 Å². The summed E-state index contributed by atoms with van der Waals surface area (Å²) in [7, 11) is 0. The Kier molecular flexibility index (Phi) is 2.79. The number of aryl methyl sites for hydroxylation is 1. The number of nitrogens with two attached hydrogens (primary N) is 1. The van der Waals surface area contributed by atoms with Crippen LogP contribution in [0, 0.1) is 24.4 Å². The van der Waals surface area contributed by atoms with E-state index < -0.39 is 17.5 Å². The third-order valence-electron chi connectivity index (χ3n) is 2.42. The molecular formula is C13H10F3N. The van der Waals surface area contributed by atoms with Gasteiger partial charge in [0.1, 0.15) is 5.82 Å². The van der Waals surface area contributed by atoms with Gasteiger partial charge in [-0.15, -0.1) is 0 Å². The van der Waals surface area contributed by atoms with Gasteiger partial charge in [-0.05, 0) is 36.2 Å². The molecule has 0 heterocycles. The van der Waals surface area contributed by atoms with Crippen LogP contribution in [-0.4, -0.2) is 0 Å². The van der Waals surface area contributed by atoms with E-state index in [0.717, 1.165) is 11.6 Å². The van der Waals surface area contributed by atoms with Gasteiger partial charge < -0.3 is 5.73 Å². The molecule has 2 rings (SSSR count). The van der Waals surface area contributed by atoms with Crippen molar-refractivity contribution in [2.24, 2.45) is 0 Å². The Morgan fingerprint density at radius 2 is 1.47 bits per heavy atom. The Hall–Kier alpha value is -1.97. The van der Waals surface area contributed by atoms with Gasteiger partial charge in [0.25, 0.3) is 0 Å². The Labute approximate surface area is 96.7 Å². The highest BCUT2D eigenvalue weighted by molar-refractivity contribution is 5.69. The van der Waals surface area contributed by atoms with E-state index in [0.29, 0.717) is 17.3 Å². The van der Waals surface area contributed by atoms with E-state index in [2.05, 4.69) is 0 Å². The first-order valence-electron chi connectivity index (χ1n) is 4.99. The summed E-state index contributed by atoms with van der Waals surface area (Å²) in [5, 5.41) is 0. The lowest BCUT2D eigenvalue weighted by Crippen LogP contribution is -1.93. The molecule has 17 heavy (non-hydrogen) atoms. The molecule has 0 bridgehead atoms. The lowest BCUT2D eigenvalue weighted by atomic mass is 10.0. The summed E-state index contributed by atoms with van der Waals surface area (Å²) in [6, 6.07) is 6.25. The van der Waals surface area contributed by atoms with Crippen molar-refractivity contribution in [3.63, 3.8) is 0 Å². The molecule has 4 heteroatoms. The zero-order valence-electron chi connectivity index (χ0n) is 9.10. The second kappa shape index (κ2) is 4.13. The smallest absolute Gasteiger partial charge is 0.161 e.